The molecule has 89 heavy (non-hydrogen) atoms. The second kappa shape index (κ2) is 69.5. The highest BCUT2D eigenvalue weighted by Gasteiger charge is 2.24. The van der Waals surface area contributed by atoms with Crippen molar-refractivity contribution in [1.29, 1.82) is 0 Å². The molecule has 0 aromatic rings. The number of hydrogen-bond acceptors (Lipinski definition) is 6. The van der Waals surface area contributed by atoms with Crippen LogP contribution < -0.4 is 10.2 Å². The molecule has 0 saturated carbocycles. The molecule has 3 unspecified atom stereocenters. The van der Waals surface area contributed by atoms with Crippen molar-refractivity contribution < 1.29 is 32.9 Å². The second-order valence-electron chi connectivity index (χ2n) is 26.6. The van der Waals surface area contributed by atoms with Gasteiger partial charge in [0.2, 0.25) is 5.91 Å². The fourth-order valence-corrected chi connectivity index (χ4v) is 11.7. The van der Waals surface area contributed by atoms with E-state index in [1.807, 2.05) is 21.1 Å². The molecular formula is C80H145N2O6P. The molecule has 2 N–H and O–H groups in total. The number of unbranched alkanes of at least 4 members (excludes halogenated alkanes) is 38. The van der Waals surface area contributed by atoms with Gasteiger partial charge >= 0.3 is 0 Å². The molecule has 8 nitrogen and oxygen atoms in total. The standard InChI is InChI=1S/C80H145N2O6P/c1-6-8-10-12-14-16-18-20-22-24-26-28-30-32-34-35-36-37-38-39-40-41-42-43-44-45-46-47-48-50-52-54-56-58-60-62-64-66-68-70-72-74-80(84)81-78(77-88-89(85,86)87-76-75-82(3,4)5)79(83)73-71-69-67-65-63-61-59-57-55-53-51-49-33-31-29-27-25-23-21-19-17-15-13-11-9-7-2/h8,10,14,16,20,22,26,28,32,34,36-37,39-40,42-43,45-46,78-79,83H,6-7,9,11-13,15,17-19,21,23-25,27,29-31,33,35,38,41,44,47-77H2,1-5H3,(H-,81,84,85,86)/b10-8-,16-14-,22-20-,28-26-,34-32-,37-36-,40-39-,43-42-,46-45-. The summed E-state index contributed by atoms with van der Waals surface area (Å²) in [6.07, 6.45) is 102. The number of carbonyl (C=O) groups excluding carboxylic acids is 1. The summed E-state index contributed by atoms with van der Waals surface area (Å²) in [7, 11) is 1.31. The van der Waals surface area contributed by atoms with Gasteiger partial charge in [0, 0.05) is 6.42 Å². The summed E-state index contributed by atoms with van der Waals surface area (Å²) in [6.45, 7) is 4.64. The quantitative estimate of drug-likeness (QED) is 0.0272. The van der Waals surface area contributed by atoms with Crippen LogP contribution in [0.5, 0.6) is 0 Å². The average Bonchev–Trinajstić information content (AvgIpc) is 3.61. The Balaban J connectivity index is 4.02. The highest BCUT2D eigenvalue weighted by atomic mass is 31.2. The number of rotatable bonds is 69. The van der Waals surface area contributed by atoms with E-state index in [0.717, 1.165) is 96.3 Å². The minimum absolute atomic E-state index is 0.00930. The van der Waals surface area contributed by atoms with Crippen LogP contribution >= 0.6 is 7.82 Å². The third-order valence-electron chi connectivity index (χ3n) is 16.8. The van der Waals surface area contributed by atoms with Gasteiger partial charge in [0.05, 0.1) is 39.9 Å². The van der Waals surface area contributed by atoms with E-state index in [1.54, 1.807) is 0 Å². The van der Waals surface area contributed by atoms with Gasteiger partial charge in [0.25, 0.3) is 7.82 Å². The number of carbonyl (C=O) groups is 1. The van der Waals surface area contributed by atoms with Crippen LogP contribution in [0.4, 0.5) is 0 Å². The molecule has 0 fully saturated rings. The highest BCUT2D eigenvalue weighted by Crippen LogP contribution is 2.38. The molecule has 516 valence electrons. The van der Waals surface area contributed by atoms with Gasteiger partial charge in [-0.05, 0) is 83.5 Å². The Kier molecular flexibility index (Phi) is 67.3. The van der Waals surface area contributed by atoms with Crippen molar-refractivity contribution in [3.63, 3.8) is 0 Å². The van der Waals surface area contributed by atoms with Crippen molar-refractivity contribution in [2.45, 2.75) is 353 Å². The smallest absolute Gasteiger partial charge is 0.268 e. The Hall–Kier alpha value is -2.84. The fourth-order valence-electron chi connectivity index (χ4n) is 11.0. The van der Waals surface area contributed by atoms with Crippen LogP contribution in [0.3, 0.4) is 0 Å². The number of phosphoric ester groups is 1. The molecule has 0 heterocycles. The lowest BCUT2D eigenvalue weighted by atomic mass is 10.0. The maximum atomic E-state index is 13.1. The molecule has 1 amide bonds. The van der Waals surface area contributed by atoms with Crippen LogP contribution in [0, 0.1) is 0 Å². The van der Waals surface area contributed by atoms with Crippen molar-refractivity contribution in [2.75, 3.05) is 40.9 Å². The number of nitrogens with one attached hydrogen (secondary N) is 1. The van der Waals surface area contributed by atoms with Gasteiger partial charge in [-0.15, -0.1) is 0 Å². The number of amides is 1. The van der Waals surface area contributed by atoms with Crippen molar-refractivity contribution in [1.82, 2.24) is 5.32 Å². The SMILES string of the molecule is CC/C=C\C/C=C\C/C=C\C/C=C\C/C=C\C/C=C\C/C=C\C/C=C\C/C=C\CCCCCCCCCCCCCCCC(=O)NC(COP(=O)([O-])OCC[N+](C)(C)C)C(O)CCCCCCCCCCCCCCCCCCCCCCCCCCCC. The first-order valence-corrected chi connectivity index (χ1v) is 39.2. The van der Waals surface area contributed by atoms with Crippen molar-refractivity contribution >= 4 is 13.7 Å². The van der Waals surface area contributed by atoms with E-state index >= 15 is 0 Å². The normalized spacial score (nSPS) is 14.2. The fraction of sp³-hybridized carbons (Fsp3) is 0.762. The zero-order valence-corrected chi connectivity index (χ0v) is 60.0. The minimum Gasteiger partial charge on any atom is -0.756 e. The molecule has 3 atom stereocenters. The van der Waals surface area contributed by atoms with Crippen LogP contribution in [-0.4, -0.2) is 68.5 Å². The average molecular weight is 1260 g/mol. The number of aliphatic hydroxyl groups is 1. The summed E-state index contributed by atoms with van der Waals surface area (Å²) >= 11 is 0. The number of hydrogen-bond donors (Lipinski definition) is 2. The highest BCUT2D eigenvalue weighted by molar-refractivity contribution is 7.45. The molecule has 0 spiro atoms. The molecule has 0 rings (SSSR count). The third-order valence-corrected chi connectivity index (χ3v) is 17.7. The predicted octanol–water partition coefficient (Wildman–Crippen LogP) is 24.0. The Bertz CT molecular complexity index is 1820. The Morgan fingerprint density at radius 2 is 0.685 bits per heavy atom. The summed E-state index contributed by atoms with van der Waals surface area (Å²) in [6, 6.07) is -0.809. The predicted molar refractivity (Wildman–Crippen MR) is 389 cm³/mol. The van der Waals surface area contributed by atoms with E-state index in [9.17, 15) is 19.4 Å². The van der Waals surface area contributed by atoms with Crippen LogP contribution in [0.1, 0.15) is 341 Å². The molecular weight excluding hydrogens is 1120 g/mol. The molecule has 0 aromatic heterocycles. The van der Waals surface area contributed by atoms with Crippen LogP contribution in [0.2, 0.25) is 0 Å². The lowest BCUT2D eigenvalue weighted by Gasteiger charge is -2.30. The van der Waals surface area contributed by atoms with E-state index in [2.05, 4.69) is 129 Å². The van der Waals surface area contributed by atoms with Crippen molar-refractivity contribution in [3.05, 3.63) is 109 Å². The maximum absolute atomic E-state index is 13.1. The van der Waals surface area contributed by atoms with E-state index in [0.29, 0.717) is 23.9 Å². The van der Waals surface area contributed by atoms with Gasteiger partial charge in [-0.2, -0.15) is 0 Å². The number of allylic oxidation sites excluding steroid dienone is 18. The van der Waals surface area contributed by atoms with E-state index in [4.69, 9.17) is 9.05 Å². The first kappa shape index (κ1) is 86.2. The van der Waals surface area contributed by atoms with Crippen molar-refractivity contribution in [2.24, 2.45) is 0 Å². The first-order chi connectivity index (χ1) is 43.5. The summed E-state index contributed by atoms with van der Waals surface area (Å²) in [5.41, 5.74) is 0. The number of phosphoric acid groups is 1. The topological polar surface area (TPSA) is 108 Å². The van der Waals surface area contributed by atoms with Gasteiger partial charge in [-0.1, -0.05) is 361 Å². The second-order valence-corrected chi connectivity index (χ2v) is 28.0. The van der Waals surface area contributed by atoms with Crippen molar-refractivity contribution in [3.8, 4) is 0 Å². The van der Waals surface area contributed by atoms with E-state index in [1.165, 1.54) is 218 Å². The monoisotopic (exact) mass is 1260 g/mol. The molecule has 9 heteroatoms. The number of nitrogens with zero attached hydrogens (tertiary/aromatic N) is 1. The maximum Gasteiger partial charge on any atom is 0.268 e. The summed E-state index contributed by atoms with van der Waals surface area (Å²) < 4.78 is 23.6. The van der Waals surface area contributed by atoms with Crippen LogP contribution in [0.15, 0.2) is 109 Å². The van der Waals surface area contributed by atoms with Gasteiger partial charge in [-0.25, -0.2) is 0 Å². The van der Waals surface area contributed by atoms with Gasteiger partial charge in [-0.3, -0.25) is 9.36 Å². The lowest BCUT2D eigenvalue weighted by Crippen LogP contribution is -2.46. The number of quaternary nitrogens is 1. The van der Waals surface area contributed by atoms with Crippen LogP contribution in [0.25, 0.3) is 0 Å². The third kappa shape index (κ3) is 72.4. The zero-order chi connectivity index (χ0) is 64.8. The van der Waals surface area contributed by atoms with Crippen LogP contribution in [-0.2, 0) is 18.4 Å². The van der Waals surface area contributed by atoms with Gasteiger partial charge in [0.1, 0.15) is 13.2 Å². The lowest BCUT2D eigenvalue weighted by molar-refractivity contribution is -0.870. The molecule has 0 aromatic carbocycles. The summed E-state index contributed by atoms with van der Waals surface area (Å²) in [5, 5.41) is 14.1. The minimum atomic E-state index is -4.59. The first-order valence-electron chi connectivity index (χ1n) is 37.7. The molecule has 0 bridgehead atoms. The summed E-state index contributed by atoms with van der Waals surface area (Å²) in [4.78, 5) is 25.7. The Morgan fingerprint density at radius 3 is 1.00 bits per heavy atom. The molecule has 0 aliphatic rings. The van der Waals surface area contributed by atoms with E-state index in [-0.39, 0.29) is 19.1 Å². The largest absolute Gasteiger partial charge is 0.756 e. The van der Waals surface area contributed by atoms with Gasteiger partial charge in [0.15, 0.2) is 0 Å². The zero-order valence-electron chi connectivity index (χ0n) is 59.1. The molecule has 0 saturated heterocycles. The number of aliphatic hydroxyl groups excluding tert-OH is 1. The Morgan fingerprint density at radius 1 is 0.404 bits per heavy atom. The molecule has 0 aliphatic heterocycles. The molecule has 0 radical (unpaired) electrons. The van der Waals surface area contributed by atoms with Gasteiger partial charge < -0.3 is 28.8 Å². The molecule has 0 aliphatic carbocycles. The Labute approximate surface area is 552 Å². The van der Waals surface area contributed by atoms with E-state index < -0.39 is 20.0 Å². The summed E-state index contributed by atoms with van der Waals surface area (Å²) in [5.74, 6) is -0.165. The number of likely N-dealkylation sites (N-methyl/N-ethyl adjacent to an activating group) is 1.